The van der Waals surface area contributed by atoms with E-state index in [0.29, 0.717) is 39.7 Å². The largest absolute Gasteiger partial charge is 0.476 e. The van der Waals surface area contributed by atoms with Crippen molar-refractivity contribution in [2.75, 3.05) is 17.7 Å². The van der Waals surface area contributed by atoms with Gasteiger partial charge in [0.2, 0.25) is 5.88 Å². The SMILES string of the molecule is CCOc1ncnc(Nc2cc(Cl)c(C)cc2Cl)c1N. The lowest BCUT2D eigenvalue weighted by molar-refractivity contribution is 0.328. The lowest BCUT2D eigenvalue weighted by atomic mass is 10.2. The van der Waals surface area contributed by atoms with Crippen LogP contribution in [-0.2, 0) is 0 Å². The summed E-state index contributed by atoms with van der Waals surface area (Å²) in [5.41, 5.74) is 7.78. The van der Waals surface area contributed by atoms with Crippen molar-refractivity contribution in [2.45, 2.75) is 13.8 Å². The molecule has 0 atom stereocenters. The molecule has 0 saturated heterocycles. The van der Waals surface area contributed by atoms with Crippen LogP contribution in [0.2, 0.25) is 10.0 Å². The molecule has 1 heterocycles. The molecule has 20 heavy (non-hydrogen) atoms. The molecule has 0 unspecified atom stereocenters. The van der Waals surface area contributed by atoms with Crippen molar-refractivity contribution < 1.29 is 4.74 Å². The predicted molar refractivity (Wildman–Crippen MR) is 82.1 cm³/mol. The van der Waals surface area contributed by atoms with Gasteiger partial charge in [0.05, 0.1) is 17.3 Å². The normalized spacial score (nSPS) is 10.4. The van der Waals surface area contributed by atoms with Crippen LogP contribution < -0.4 is 15.8 Å². The van der Waals surface area contributed by atoms with Crippen LogP contribution in [0.15, 0.2) is 18.5 Å². The third-order valence-corrected chi connectivity index (χ3v) is 3.35. The maximum absolute atomic E-state index is 6.17. The third-order valence-electron chi connectivity index (χ3n) is 2.63. The number of hydrogen-bond acceptors (Lipinski definition) is 5. The second-order valence-electron chi connectivity index (χ2n) is 4.08. The molecule has 5 nitrogen and oxygen atoms in total. The highest BCUT2D eigenvalue weighted by atomic mass is 35.5. The maximum atomic E-state index is 6.17. The molecule has 0 spiro atoms. The molecular weight excluding hydrogens is 299 g/mol. The number of hydrogen-bond donors (Lipinski definition) is 2. The zero-order valence-corrected chi connectivity index (χ0v) is 12.6. The molecule has 0 amide bonds. The van der Waals surface area contributed by atoms with Crippen LogP contribution in [0.4, 0.5) is 17.2 Å². The second-order valence-corrected chi connectivity index (χ2v) is 4.89. The van der Waals surface area contributed by atoms with E-state index in [1.807, 2.05) is 13.8 Å². The van der Waals surface area contributed by atoms with Gasteiger partial charge >= 0.3 is 0 Å². The monoisotopic (exact) mass is 312 g/mol. The summed E-state index contributed by atoms with van der Waals surface area (Å²) in [4.78, 5) is 8.05. The fourth-order valence-electron chi connectivity index (χ4n) is 1.60. The molecule has 1 aromatic heterocycles. The highest BCUT2D eigenvalue weighted by Gasteiger charge is 2.11. The third kappa shape index (κ3) is 3.05. The van der Waals surface area contributed by atoms with E-state index >= 15 is 0 Å². The topological polar surface area (TPSA) is 73.1 Å². The Balaban J connectivity index is 2.35. The number of ether oxygens (including phenoxy) is 1. The number of halogens is 2. The van der Waals surface area contributed by atoms with Gasteiger partial charge in [-0.3, -0.25) is 0 Å². The van der Waals surface area contributed by atoms with Crippen molar-refractivity contribution in [2.24, 2.45) is 0 Å². The van der Waals surface area contributed by atoms with Gasteiger partial charge in [-0.15, -0.1) is 0 Å². The Hall–Kier alpha value is -1.72. The summed E-state index contributed by atoms with van der Waals surface area (Å²) in [7, 11) is 0. The van der Waals surface area contributed by atoms with Crippen LogP contribution in [0.5, 0.6) is 5.88 Å². The first-order valence-electron chi connectivity index (χ1n) is 5.98. The fourth-order valence-corrected chi connectivity index (χ4v) is 2.03. The molecule has 0 aliphatic heterocycles. The van der Waals surface area contributed by atoms with E-state index in [-0.39, 0.29) is 0 Å². The Morgan fingerprint density at radius 1 is 1.25 bits per heavy atom. The summed E-state index contributed by atoms with van der Waals surface area (Å²) < 4.78 is 5.31. The Kier molecular flexibility index (Phi) is 4.52. The molecule has 0 saturated carbocycles. The van der Waals surface area contributed by atoms with Gasteiger partial charge in [-0.05, 0) is 31.5 Å². The standard InChI is InChI=1S/C13H14Cl2N4O/c1-3-20-13-11(16)12(17-6-18-13)19-10-5-8(14)7(2)4-9(10)15/h4-6H,3,16H2,1-2H3,(H,17,18,19). The van der Waals surface area contributed by atoms with E-state index in [1.165, 1.54) is 6.33 Å². The van der Waals surface area contributed by atoms with Crippen molar-refractivity contribution in [3.63, 3.8) is 0 Å². The summed E-state index contributed by atoms with van der Waals surface area (Å²) >= 11 is 12.3. The van der Waals surface area contributed by atoms with Crippen LogP contribution >= 0.6 is 23.2 Å². The number of nitrogen functional groups attached to an aromatic ring is 1. The van der Waals surface area contributed by atoms with Crippen LogP contribution in [0, 0.1) is 6.92 Å². The molecule has 1 aromatic carbocycles. The van der Waals surface area contributed by atoms with E-state index in [9.17, 15) is 0 Å². The van der Waals surface area contributed by atoms with E-state index in [4.69, 9.17) is 33.7 Å². The van der Waals surface area contributed by atoms with Crippen LogP contribution in [0.3, 0.4) is 0 Å². The van der Waals surface area contributed by atoms with Gasteiger partial charge in [0.1, 0.15) is 12.0 Å². The van der Waals surface area contributed by atoms with Crippen molar-refractivity contribution in [1.82, 2.24) is 9.97 Å². The first-order chi connectivity index (χ1) is 9.52. The lowest BCUT2D eigenvalue weighted by Crippen LogP contribution is -2.05. The number of aromatic nitrogens is 2. The number of nitrogens with two attached hydrogens (primary N) is 1. The Morgan fingerprint density at radius 2 is 2.00 bits per heavy atom. The molecule has 0 aliphatic carbocycles. The molecule has 2 rings (SSSR count). The van der Waals surface area contributed by atoms with Gasteiger partial charge in [-0.1, -0.05) is 23.2 Å². The van der Waals surface area contributed by atoms with Gasteiger partial charge in [-0.2, -0.15) is 4.98 Å². The highest BCUT2D eigenvalue weighted by molar-refractivity contribution is 6.35. The molecule has 0 bridgehead atoms. The Labute approximate surface area is 127 Å². The summed E-state index contributed by atoms with van der Waals surface area (Å²) in [6.45, 7) is 4.20. The van der Waals surface area contributed by atoms with Gasteiger partial charge in [0, 0.05) is 5.02 Å². The number of aryl methyl sites for hydroxylation is 1. The minimum Gasteiger partial charge on any atom is -0.476 e. The minimum absolute atomic E-state index is 0.321. The first kappa shape index (κ1) is 14.7. The molecular formula is C13H14Cl2N4O. The molecule has 3 N–H and O–H groups in total. The number of rotatable bonds is 4. The number of benzene rings is 1. The number of nitrogens with zero attached hydrogens (tertiary/aromatic N) is 2. The fraction of sp³-hybridized carbons (Fsp3) is 0.231. The zero-order chi connectivity index (χ0) is 14.7. The van der Waals surface area contributed by atoms with Gasteiger partial charge in [0.25, 0.3) is 0 Å². The minimum atomic E-state index is 0.321. The number of nitrogens with one attached hydrogen (secondary N) is 1. The van der Waals surface area contributed by atoms with E-state index < -0.39 is 0 Å². The van der Waals surface area contributed by atoms with E-state index in [2.05, 4.69) is 15.3 Å². The highest BCUT2D eigenvalue weighted by Crippen LogP contribution is 2.33. The van der Waals surface area contributed by atoms with Gasteiger partial charge in [0.15, 0.2) is 5.82 Å². The van der Waals surface area contributed by atoms with Crippen molar-refractivity contribution in [1.29, 1.82) is 0 Å². The Bertz CT molecular complexity index is 634. The van der Waals surface area contributed by atoms with Crippen LogP contribution in [0.25, 0.3) is 0 Å². The summed E-state index contributed by atoms with van der Waals surface area (Å²) in [5.74, 6) is 0.754. The quantitative estimate of drug-likeness (QED) is 0.898. The molecule has 0 aliphatic rings. The molecule has 2 aromatic rings. The Morgan fingerprint density at radius 3 is 2.70 bits per heavy atom. The van der Waals surface area contributed by atoms with Gasteiger partial charge in [-0.25, -0.2) is 4.98 Å². The van der Waals surface area contributed by atoms with Crippen molar-refractivity contribution in [3.05, 3.63) is 34.1 Å². The molecule has 106 valence electrons. The molecule has 0 fully saturated rings. The van der Waals surface area contributed by atoms with E-state index in [0.717, 1.165) is 5.56 Å². The second kappa shape index (κ2) is 6.15. The number of anilines is 3. The molecule has 0 radical (unpaired) electrons. The summed E-state index contributed by atoms with van der Waals surface area (Å²) in [6, 6.07) is 3.49. The average Bonchev–Trinajstić information content (AvgIpc) is 2.40. The lowest BCUT2D eigenvalue weighted by Gasteiger charge is -2.13. The predicted octanol–water partition coefficient (Wildman–Crippen LogP) is 3.82. The zero-order valence-electron chi connectivity index (χ0n) is 11.1. The summed E-state index contributed by atoms with van der Waals surface area (Å²) in [5, 5.41) is 4.17. The van der Waals surface area contributed by atoms with Crippen LogP contribution in [0.1, 0.15) is 12.5 Å². The average molecular weight is 313 g/mol. The smallest absolute Gasteiger partial charge is 0.242 e. The van der Waals surface area contributed by atoms with E-state index in [1.54, 1.807) is 12.1 Å². The van der Waals surface area contributed by atoms with Crippen molar-refractivity contribution >= 4 is 40.4 Å². The van der Waals surface area contributed by atoms with Gasteiger partial charge < -0.3 is 15.8 Å². The first-order valence-corrected chi connectivity index (χ1v) is 6.74. The van der Waals surface area contributed by atoms with Crippen molar-refractivity contribution in [3.8, 4) is 5.88 Å². The summed E-state index contributed by atoms with van der Waals surface area (Å²) in [6.07, 6.45) is 1.37. The maximum Gasteiger partial charge on any atom is 0.242 e. The molecule has 7 heteroatoms. The van der Waals surface area contributed by atoms with Crippen LogP contribution in [-0.4, -0.2) is 16.6 Å².